The predicted molar refractivity (Wildman–Crippen MR) is 70.0 cm³/mol. The molecule has 0 spiro atoms. The first-order valence-electron chi connectivity index (χ1n) is 6.25. The topological polar surface area (TPSA) is 47.5 Å². The summed E-state index contributed by atoms with van der Waals surface area (Å²) >= 11 is 0. The van der Waals surface area contributed by atoms with Crippen molar-refractivity contribution >= 4 is 5.82 Å². The van der Waals surface area contributed by atoms with E-state index in [2.05, 4.69) is 21.4 Å². The summed E-state index contributed by atoms with van der Waals surface area (Å²) in [5, 5.41) is 0. The van der Waals surface area contributed by atoms with Gasteiger partial charge in [-0.25, -0.2) is 9.97 Å². The second-order valence-corrected chi connectivity index (χ2v) is 4.13. The number of anilines is 1. The fourth-order valence-electron chi connectivity index (χ4n) is 2.01. The zero-order valence-corrected chi connectivity index (χ0v) is 10.7. The van der Waals surface area contributed by atoms with Crippen LogP contribution < -0.4 is 9.64 Å². The average Bonchev–Trinajstić information content (AvgIpc) is 2.86. The van der Waals surface area contributed by atoms with Crippen LogP contribution in [0.2, 0.25) is 0 Å². The Morgan fingerprint density at radius 3 is 3.22 bits per heavy atom. The third-order valence-electron chi connectivity index (χ3n) is 2.84. The normalized spacial score (nSPS) is 18.9. The molecule has 1 aliphatic rings. The lowest BCUT2D eigenvalue weighted by Gasteiger charge is -2.17. The summed E-state index contributed by atoms with van der Waals surface area (Å²) < 4.78 is 11.0. The lowest BCUT2D eigenvalue weighted by Crippen LogP contribution is -2.23. The molecule has 0 aromatic carbocycles. The molecule has 0 saturated carbocycles. The molecule has 1 saturated heterocycles. The molecular weight excluding hydrogens is 230 g/mol. The average molecular weight is 249 g/mol. The number of ether oxygens (including phenoxy) is 2. The maximum atomic E-state index is 5.65. The molecule has 0 aliphatic carbocycles. The van der Waals surface area contributed by atoms with E-state index in [9.17, 15) is 0 Å². The van der Waals surface area contributed by atoms with E-state index in [0.717, 1.165) is 25.3 Å². The van der Waals surface area contributed by atoms with Crippen molar-refractivity contribution in [1.29, 1.82) is 0 Å². The van der Waals surface area contributed by atoms with E-state index in [4.69, 9.17) is 9.47 Å². The molecule has 2 rings (SSSR count). The van der Waals surface area contributed by atoms with Gasteiger partial charge < -0.3 is 14.4 Å². The van der Waals surface area contributed by atoms with Crippen LogP contribution in [0.15, 0.2) is 25.0 Å². The van der Waals surface area contributed by atoms with Gasteiger partial charge in [0.25, 0.3) is 0 Å². The molecule has 18 heavy (non-hydrogen) atoms. The van der Waals surface area contributed by atoms with Crippen molar-refractivity contribution in [3.05, 3.63) is 25.0 Å². The molecule has 0 N–H and O–H groups in total. The van der Waals surface area contributed by atoms with Crippen molar-refractivity contribution in [2.24, 2.45) is 0 Å². The Morgan fingerprint density at radius 1 is 1.56 bits per heavy atom. The quantitative estimate of drug-likeness (QED) is 0.717. The van der Waals surface area contributed by atoms with Crippen LogP contribution >= 0.6 is 0 Å². The van der Waals surface area contributed by atoms with Crippen LogP contribution in [0, 0.1) is 0 Å². The third-order valence-corrected chi connectivity index (χ3v) is 2.84. The standard InChI is InChI=1S/C13H19N3O2/c1-3-7-18-11-5-6-16(9-11)12-8-13(17-4-2)15-10-14-12/h3,8,10-11H,1,4-7,9H2,2H3. The maximum absolute atomic E-state index is 5.65. The van der Waals surface area contributed by atoms with Gasteiger partial charge in [0.15, 0.2) is 0 Å². The first kappa shape index (κ1) is 12.8. The molecule has 0 bridgehead atoms. The Balaban J connectivity index is 1.95. The molecule has 5 heteroatoms. The van der Waals surface area contributed by atoms with Gasteiger partial charge in [0.2, 0.25) is 5.88 Å². The van der Waals surface area contributed by atoms with Gasteiger partial charge in [-0.2, -0.15) is 0 Å². The van der Waals surface area contributed by atoms with E-state index in [1.54, 1.807) is 6.08 Å². The molecular formula is C13H19N3O2. The third kappa shape index (κ3) is 3.20. The molecule has 1 fully saturated rings. The highest BCUT2D eigenvalue weighted by atomic mass is 16.5. The monoisotopic (exact) mass is 249 g/mol. The zero-order valence-electron chi connectivity index (χ0n) is 10.7. The number of nitrogens with zero attached hydrogens (tertiary/aromatic N) is 3. The van der Waals surface area contributed by atoms with Crippen LogP contribution in [0.3, 0.4) is 0 Å². The molecule has 1 aromatic rings. The summed E-state index contributed by atoms with van der Waals surface area (Å²) in [6.45, 7) is 8.62. The Kier molecular flexibility index (Phi) is 4.52. The van der Waals surface area contributed by atoms with Gasteiger partial charge in [-0.1, -0.05) is 6.08 Å². The molecule has 1 aliphatic heterocycles. The minimum absolute atomic E-state index is 0.258. The van der Waals surface area contributed by atoms with Crippen molar-refractivity contribution in [2.45, 2.75) is 19.4 Å². The summed E-state index contributed by atoms with van der Waals surface area (Å²) in [4.78, 5) is 10.5. The minimum atomic E-state index is 0.258. The summed E-state index contributed by atoms with van der Waals surface area (Å²) in [6.07, 6.45) is 4.59. The van der Waals surface area contributed by atoms with Gasteiger partial charge in [-0.15, -0.1) is 6.58 Å². The van der Waals surface area contributed by atoms with E-state index < -0.39 is 0 Å². The van der Waals surface area contributed by atoms with Gasteiger partial charge in [-0.05, 0) is 13.3 Å². The summed E-state index contributed by atoms with van der Waals surface area (Å²) in [5.74, 6) is 1.52. The van der Waals surface area contributed by atoms with Crippen molar-refractivity contribution in [1.82, 2.24) is 9.97 Å². The van der Waals surface area contributed by atoms with E-state index in [1.807, 2.05) is 13.0 Å². The molecule has 1 atom stereocenters. The van der Waals surface area contributed by atoms with Crippen LogP contribution in [0.4, 0.5) is 5.82 Å². The lowest BCUT2D eigenvalue weighted by molar-refractivity contribution is 0.0909. The maximum Gasteiger partial charge on any atom is 0.218 e. The smallest absolute Gasteiger partial charge is 0.218 e. The molecule has 5 nitrogen and oxygen atoms in total. The highest BCUT2D eigenvalue weighted by Gasteiger charge is 2.24. The van der Waals surface area contributed by atoms with E-state index in [0.29, 0.717) is 19.1 Å². The fraction of sp³-hybridized carbons (Fsp3) is 0.538. The van der Waals surface area contributed by atoms with Crippen LogP contribution in [0.25, 0.3) is 0 Å². The van der Waals surface area contributed by atoms with Crippen molar-refractivity contribution < 1.29 is 9.47 Å². The molecule has 0 amide bonds. The summed E-state index contributed by atoms with van der Waals surface area (Å²) in [6, 6.07) is 1.87. The highest BCUT2D eigenvalue weighted by Crippen LogP contribution is 2.21. The van der Waals surface area contributed by atoms with Crippen LogP contribution in [-0.2, 0) is 4.74 Å². The Hall–Kier alpha value is -1.62. The SMILES string of the molecule is C=CCOC1CCN(c2cc(OCC)ncn2)C1. The van der Waals surface area contributed by atoms with Gasteiger partial charge in [-0.3, -0.25) is 0 Å². The second kappa shape index (κ2) is 6.35. The van der Waals surface area contributed by atoms with Gasteiger partial charge in [0.1, 0.15) is 12.1 Å². The molecule has 0 radical (unpaired) electrons. The number of hydrogen-bond donors (Lipinski definition) is 0. The number of hydrogen-bond acceptors (Lipinski definition) is 5. The van der Waals surface area contributed by atoms with E-state index in [-0.39, 0.29) is 6.10 Å². The largest absolute Gasteiger partial charge is 0.478 e. The summed E-state index contributed by atoms with van der Waals surface area (Å²) in [7, 11) is 0. The fourth-order valence-corrected chi connectivity index (χ4v) is 2.01. The molecule has 1 aromatic heterocycles. The van der Waals surface area contributed by atoms with Crippen molar-refractivity contribution in [3.63, 3.8) is 0 Å². The van der Waals surface area contributed by atoms with Crippen LogP contribution in [-0.4, -0.2) is 42.4 Å². The van der Waals surface area contributed by atoms with Gasteiger partial charge in [0, 0.05) is 19.2 Å². The Morgan fingerprint density at radius 2 is 2.44 bits per heavy atom. The van der Waals surface area contributed by atoms with Crippen molar-refractivity contribution in [3.8, 4) is 5.88 Å². The zero-order chi connectivity index (χ0) is 12.8. The lowest BCUT2D eigenvalue weighted by atomic mass is 10.3. The summed E-state index contributed by atoms with van der Waals surface area (Å²) in [5.41, 5.74) is 0. The van der Waals surface area contributed by atoms with E-state index >= 15 is 0 Å². The van der Waals surface area contributed by atoms with Crippen LogP contribution in [0.5, 0.6) is 5.88 Å². The Bertz CT molecular complexity index is 398. The number of rotatable bonds is 6. The van der Waals surface area contributed by atoms with Gasteiger partial charge in [0.05, 0.1) is 19.3 Å². The molecule has 2 heterocycles. The van der Waals surface area contributed by atoms with Crippen LogP contribution in [0.1, 0.15) is 13.3 Å². The van der Waals surface area contributed by atoms with E-state index in [1.165, 1.54) is 6.33 Å². The number of aromatic nitrogens is 2. The first-order chi connectivity index (χ1) is 8.83. The van der Waals surface area contributed by atoms with Crippen molar-refractivity contribution in [2.75, 3.05) is 31.2 Å². The first-order valence-corrected chi connectivity index (χ1v) is 6.25. The molecule has 1 unspecified atom stereocenters. The highest BCUT2D eigenvalue weighted by molar-refractivity contribution is 5.42. The molecule has 98 valence electrons. The minimum Gasteiger partial charge on any atom is -0.478 e. The predicted octanol–water partition coefficient (Wildman–Crippen LogP) is 1.66. The Labute approximate surface area is 107 Å². The second-order valence-electron chi connectivity index (χ2n) is 4.13. The van der Waals surface area contributed by atoms with Gasteiger partial charge >= 0.3 is 0 Å².